The Bertz CT molecular complexity index is 1290. The number of benzene rings is 3. The van der Waals surface area contributed by atoms with E-state index in [0.717, 1.165) is 15.8 Å². The van der Waals surface area contributed by atoms with Crippen LogP contribution in [0.2, 0.25) is 0 Å². The average molecular weight is 492 g/mol. The maximum absolute atomic E-state index is 13.8. The van der Waals surface area contributed by atoms with Gasteiger partial charge in [0.15, 0.2) is 0 Å². The van der Waals surface area contributed by atoms with E-state index in [1.807, 2.05) is 112 Å². The highest BCUT2D eigenvalue weighted by molar-refractivity contribution is 9.10. The highest BCUT2D eigenvalue weighted by Crippen LogP contribution is 2.38. The van der Waals surface area contributed by atoms with Gasteiger partial charge in [0.2, 0.25) is 0 Å². The van der Waals surface area contributed by atoms with Crippen LogP contribution in [0.5, 0.6) is 0 Å². The van der Waals surface area contributed by atoms with E-state index in [-0.39, 0.29) is 5.56 Å². The third-order valence-corrected chi connectivity index (χ3v) is 6.51. The van der Waals surface area contributed by atoms with E-state index in [2.05, 4.69) is 15.9 Å². The first-order chi connectivity index (χ1) is 15.2. The zero-order valence-electron chi connectivity index (χ0n) is 18.6. The van der Waals surface area contributed by atoms with E-state index in [9.17, 15) is 9.90 Å². The molecule has 0 saturated heterocycles. The zero-order valence-corrected chi connectivity index (χ0v) is 20.2. The molecule has 0 bridgehead atoms. The molecule has 5 nitrogen and oxygen atoms in total. The Balaban J connectivity index is 2.02. The standard InChI is InChI=1S/C26H26BrN3O2/c1-18-24(25(31)30(29(18)4)23-8-6-5-7-9-23)26(32,19-10-14-21(27)15-11-19)20-12-16-22(17-13-20)28(2)3/h5-17,32H,1-4H3. The highest BCUT2D eigenvalue weighted by Gasteiger charge is 2.40. The monoisotopic (exact) mass is 491 g/mol. The molecule has 0 saturated carbocycles. The molecule has 164 valence electrons. The fourth-order valence-corrected chi connectivity index (χ4v) is 4.40. The Labute approximate surface area is 196 Å². The van der Waals surface area contributed by atoms with Crippen LogP contribution in [-0.2, 0) is 12.6 Å². The first-order valence-corrected chi connectivity index (χ1v) is 11.1. The molecule has 1 unspecified atom stereocenters. The number of anilines is 1. The summed E-state index contributed by atoms with van der Waals surface area (Å²) in [7, 11) is 5.77. The van der Waals surface area contributed by atoms with Gasteiger partial charge < -0.3 is 10.0 Å². The van der Waals surface area contributed by atoms with Crippen LogP contribution in [0.3, 0.4) is 0 Å². The van der Waals surface area contributed by atoms with Crippen molar-refractivity contribution in [2.45, 2.75) is 12.5 Å². The zero-order chi connectivity index (χ0) is 23.0. The van der Waals surface area contributed by atoms with Crippen LogP contribution in [0.1, 0.15) is 22.4 Å². The number of aromatic nitrogens is 2. The summed E-state index contributed by atoms with van der Waals surface area (Å²) in [6.45, 7) is 1.87. The number of para-hydroxylation sites is 1. The fraction of sp³-hybridized carbons (Fsp3) is 0.192. The maximum atomic E-state index is 13.8. The molecule has 3 aromatic carbocycles. The van der Waals surface area contributed by atoms with Gasteiger partial charge in [-0.2, -0.15) is 0 Å². The second-order valence-electron chi connectivity index (χ2n) is 8.10. The van der Waals surface area contributed by atoms with Gasteiger partial charge in [-0.3, -0.25) is 9.48 Å². The molecule has 0 radical (unpaired) electrons. The van der Waals surface area contributed by atoms with Crippen molar-refractivity contribution in [3.05, 3.63) is 116 Å². The summed E-state index contributed by atoms with van der Waals surface area (Å²) in [5.41, 5.74) is 2.18. The summed E-state index contributed by atoms with van der Waals surface area (Å²) in [4.78, 5) is 15.8. The largest absolute Gasteiger partial charge is 0.378 e. The Morgan fingerprint density at radius 1 is 0.875 bits per heavy atom. The van der Waals surface area contributed by atoms with Gasteiger partial charge in [-0.25, -0.2) is 4.68 Å². The second-order valence-corrected chi connectivity index (χ2v) is 9.01. The minimum Gasteiger partial charge on any atom is -0.378 e. The number of nitrogens with zero attached hydrogens (tertiary/aromatic N) is 3. The third kappa shape index (κ3) is 3.59. The molecule has 32 heavy (non-hydrogen) atoms. The van der Waals surface area contributed by atoms with Crippen LogP contribution >= 0.6 is 15.9 Å². The molecule has 0 aliphatic carbocycles. The van der Waals surface area contributed by atoms with Gasteiger partial charge in [0.1, 0.15) is 5.60 Å². The molecule has 0 aliphatic rings. The Kier molecular flexibility index (Phi) is 5.84. The fourth-order valence-electron chi connectivity index (χ4n) is 4.13. The molecule has 1 N–H and O–H groups in total. The molecule has 1 heterocycles. The maximum Gasteiger partial charge on any atom is 0.278 e. The van der Waals surface area contributed by atoms with E-state index >= 15 is 0 Å². The molecule has 0 aliphatic heterocycles. The van der Waals surface area contributed by atoms with Crippen molar-refractivity contribution in [1.29, 1.82) is 0 Å². The first-order valence-electron chi connectivity index (χ1n) is 10.4. The van der Waals surface area contributed by atoms with Crippen LogP contribution in [0.4, 0.5) is 5.69 Å². The van der Waals surface area contributed by atoms with Crippen molar-refractivity contribution in [3.63, 3.8) is 0 Å². The van der Waals surface area contributed by atoms with Crippen molar-refractivity contribution in [2.75, 3.05) is 19.0 Å². The number of rotatable bonds is 5. The van der Waals surface area contributed by atoms with E-state index in [1.54, 1.807) is 9.36 Å². The van der Waals surface area contributed by atoms with Crippen molar-refractivity contribution in [1.82, 2.24) is 9.36 Å². The van der Waals surface area contributed by atoms with Crippen LogP contribution in [0.15, 0.2) is 88.1 Å². The van der Waals surface area contributed by atoms with E-state index in [4.69, 9.17) is 0 Å². The molecular weight excluding hydrogens is 466 g/mol. The summed E-state index contributed by atoms with van der Waals surface area (Å²) in [6.07, 6.45) is 0. The summed E-state index contributed by atoms with van der Waals surface area (Å²) < 4.78 is 4.30. The van der Waals surface area contributed by atoms with Crippen molar-refractivity contribution in [2.24, 2.45) is 7.05 Å². The van der Waals surface area contributed by atoms with Crippen LogP contribution in [0.25, 0.3) is 5.69 Å². The molecule has 6 heteroatoms. The number of hydrogen-bond acceptors (Lipinski definition) is 3. The molecule has 0 spiro atoms. The van der Waals surface area contributed by atoms with Crippen LogP contribution in [0, 0.1) is 6.92 Å². The van der Waals surface area contributed by atoms with E-state index in [1.165, 1.54) is 0 Å². The van der Waals surface area contributed by atoms with Gasteiger partial charge in [0, 0.05) is 37.0 Å². The Morgan fingerprint density at radius 3 is 1.94 bits per heavy atom. The van der Waals surface area contributed by atoms with Gasteiger partial charge in [-0.15, -0.1) is 0 Å². The minimum absolute atomic E-state index is 0.252. The SMILES string of the molecule is Cc1c(C(O)(c2ccc(Br)cc2)c2ccc(N(C)C)cc2)c(=O)n(-c2ccccc2)n1C. The van der Waals surface area contributed by atoms with Gasteiger partial charge in [-0.05, 0) is 54.4 Å². The van der Waals surface area contributed by atoms with Gasteiger partial charge in [0.05, 0.1) is 11.3 Å². The lowest BCUT2D eigenvalue weighted by Gasteiger charge is -2.29. The van der Waals surface area contributed by atoms with Crippen LogP contribution < -0.4 is 10.5 Å². The lowest BCUT2D eigenvalue weighted by atomic mass is 9.80. The van der Waals surface area contributed by atoms with Crippen LogP contribution in [-0.4, -0.2) is 28.6 Å². The topological polar surface area (TPSA) is 50.4 Å². The lowest BCUT2D eigenvalue weighted by Crippen LogP contribution is -2.35. The predicted octanol–water partition coefficient (Wildman–Crippen LogP) is 4.60. The molecular formula is C26H26BrN3O2. The normalized spacial score (nSPS) is 13.1. The molecule has 4 rings (SSSR count). The summed E-state index contributed by atoms with van der Waals surface area (Å²) >= 11 is 3.47. The smallest absolute Gasteiger partial charge is 0.278 e. The first kappa shape index (κ1) is 22.1. The predicted molar refractivity (Wildman–Crippen MR) is 133 cm³/mol. The van der Waals surface area contributed by atoms with E-state index in [0.29, 0.717) is 22.4 Å². The third-order valence-electron chi connectivity index (χ3n) is 5.98. The molecule has 1 aromatic heterocycles. The summed E-state index contributed by atoms with van der Waals surface area (Å²) in [6, 6.07) is 24.6. The van der Waals surface area contributed by atoms with E-state index < -0.39 is 5.60 Å². The minimum atomic E-state index is -1.62. The van der Waals surface area contributed by atoms with Gasteiger partial charge >= 0.3 is 0 Å². The van der Waals surface area contributed by atoms with Gasteiger partial charge in [-0.1, -0.05) is 58.4 Å². The second kappa shape index (κ2) is 8.45. The van der Waals surface area contributed by atoms with Crippen molar-refractivity contribution >= 4 is 21.6 Å². The van der Waals surface area contributed by atoms with Gasteiger partial charge in [0.25, 0.3) is 5.56 Å². The molecule has 1 atom stereocenters. The summed E-state index contributed by atoms with van der Waals surface area (Å²) in [5, 5.41) is 12.3. The highest BCUT2D eigenvalue weighted by atomic mass is 79.9. The molecule has 0 fully saturated rings. The molecule has 4 aromatic rings. The Hall–Kier alpha value is -3.09. The summed E-state index contributed by atoms with van der Waals surface area (Å²) in [5.74, 6) is 0. The number of hydrogen-bond donors (Lipinski definition) is 1. The van der Waals surface area contributed by atoms with Crippen molar-refractivity contribution in [3.8, 4) is 5.69 Å². The average Bonchev–Trinajstić information content (AvgIpc) is 3.02. The molecule has 0 amide bonds. The number of halogens is 1. The number of aliphatic hydroxyl groups is 1. The quantitative estimate of drug-likeness (QED) is 0.443. The van der Waals surface area contributed by atoms with Crippen molar-refractivity contribution < 1.29 is 5.11 Å². The Morgan fingerprint density at radius 2 is 1.41 bits per heavy atom. The lowest BCUT2D eigenvalue weighted by molar-refractivity contribution is 0.123.